The van der Waals surface area contributed by atoms with Crippen molar-refractivity contribution in [1.29, 1.82) is 0 Å². The van der Waals surface area contributed by atoms with Crippen LogP contribution in [0.25, 0.3) is 0 Å². The van der Waals surface area contributed by atoms with Gasteiger partial charge in [-0.05, 0) is 42.9 Å². The molecule has 2 rings (SSSR count). The molecule has 4 heteroatoms. The van der Waals surface area contributed by atoms with Crippen molar-refractivity contribution in [2.45, 2.75) is 39.0 Å². The lowest BCUT2D eigenvalue weighted by molar-refractivity contribution is 0.0698. The number of nitrogens with two attached hydrogens (primary N) is 1. The van der Waals surface area contributed by atoms with Crippen LogP contribution in [-0.4, -0.2) is 17.6 Å². The highest BCUT2D eigenvalue weighted by molar-refractivity contribution is 5.95. The Hall–Kier alpha value is -1.71. The van der Waals surface area contributed by atoms with E-state index in [-0.39, 0.29) is 5.56 Å². The Kier molecular flexibility index (Phi) is 4.88. The maximum Gasteiger partial charge on any atom is 0.337 e. The third kappa shape index (κ3) is 3.65. The molecule has 0 heterocycles. The molecule has 110 valence electrons. The molecule has 0 bridgehead atoms. The van der Waals surface area contributed by atoms with Gasteiger partial charge in [-0.15, -0.1) is 0 Å². The van der Waals surface area contributed by atoms with Crippen LogP contribution in [0.3, 0.4) is 0 Å². The van der Waals surface area contributed by atoms with Crippen molar-refractivity contribution >= 4 is 17.3 Å². The van der Waals surface area contributed by atoms with Crippen molar-refractivity contribution in [3.63, 3.8) is 0 Å². The molecule has 0 saturated heterocycles. The number of nitrogens with one attached hydrogen (secondary N) is 1. The number of hydrogen-bond acceptors (Lipinski definition) is 3. The highest BCUT2D eigenvalue weighted by atomic mass is 16.4. The maximum atomic E-state index is 11.2. The van der Waals surface area contributed by atoms with E-state index in [9.17, 15) is 9.90 Å². The molecule has 1 aromatic carbocycles. The number of aromatic carboxylic acids is 1. The minimum atomic E-state index is -0.936. The fourth-order valence-electron chi connectivity index (χ4n) is 2.99. The van der Waals surface area contributed by atoms with Crippen LogP contribution in [0.4, 0.5) is 11.4 Å². The van der Waals surface area contributed by atoms with Crippen molar-refractivity contribution in [2.75, 3.05) is 17.6 Å². The van der Waals surface area contributed by atoms with Crippen LogP contribution in [0.5, 0.6) is 0 Å². The number of carboxylic acids is 1. The molecule has 4 N–H and O–H groups in total. The zero-order chi connectivity index (χ0) is 14.5. The van der Waals surface area contributed by atoms with Gasteiger partial charge in [-0.2, -0.15) is 0 Å². The van der Waals surface area contributed by atoms with Crippen LogP contribution in [0, 0.1) is 11.8 Å². The first-order valence-corrected chi connectivity index (χ1v) is 7.46. The molecule has 1 fully saturated rings. The van der Waals surface area contributed by atoms with Gasteiger partial charge in [0.2, 0.25) is 0 Å². The summed E-state index contributed by atoms with van der Waals surface area (Å²) in [5, 5.41) is 12.5. The molecule has 1 aromatic rings. The van der Waals surface area contributed by atoms with Gasteiger partial charge in [0, 0.05) is 17.9 Å². The summed E-state index contributed by atoms with van der Waals surface area (Å²) in [6.45, 7) is 3.11. The first kappa shape index (κ1) is 14.7. The molecular weight excluding hydrogens is 252 g/mol. The van der Waals surface area contributed by atoms with Crippen LogP contribution in [0.1, 0.15) is 49.4 Å². The smallest absolute Gasteiger partial charge is 0.337 e. The molecule has 1 saturated carbocycles. The van der Waals surface area contributed by atoms with Crippen LogP contribution >= 0.6 is 0 Å². The summed E-state index contributed by atoms with van der Waals surface area (Å²) in [5.41, 5.74) is 7.05. The Labute approximate surface area is 120 Å². The molecule has 0 spiro atoms. The van der Waals surface area contributed by atoms with E-state index in [1.165, 1.54) is 38.2 Å². The van der Waals surface area contributed by atoms with Crippen LogP contribution in [-0.2, 0) is 0 Å². The SMILES string of the molecule is CCC1CCC(CNc2ccc(N)cc2C(=O)O)CC1. The summed E-state index contributed by atoms with van der Waals surface area (Å²) >= 11 is 0. The number of carbonyl (C=O) groups is 1. The highest BCUT2D eigenvalue weighted by Gasteiger charge is 2.20. The van der Waals surface area contributed by atoms with E-state index in [0.717, 1.165) is 12.5 Å². The summed E-state index contributed by atoms with van der Waals surface area (Å²) in [7, 11) is 0. The predicted octanol–water partition coefficient (Wildman–Crippen LogP) is 3.60. The van der Waals surface area contributed by atoms with Crippen molar-refractivity contribution < 1.29 is 9.90 Å². The van der Waals surface area contributed by atoms with Crippen molar-refractivity contribution in [1.82, 2.24) is 0 Å². The fraction of sp³-hybridized carbons (Fsp3) is 0.562. The first-order valence-electron chi connectivity index (χ1n) is 7.46. The summed E-state index contributed by atoms with van der Waals surface area (Å²) in [5.74, 6) is 0.601. The van der Waals surface area contributed by atoms with E-state index in [4.69, 9.17) is 5.73 Å². The van der Waals surface area contributed by atoms with Gasteiger partial charge in [0.1, 0.15) is 0 Å². The largest absolute Gasteiger partial charge is 0.478 e. The number of benzene rings is 1. The third-order valence-corrected chi connectivity index (χ3v) is 4.40. The van der Waals surface area contributed by atoms with Gasteiger partial charge in [-0.25, -0.2) is 4.79 Å². The van der Waals surface area contributed by atoms with E-state index in [0.29, 0.717) is 17.3 Å². The normalized spacial score (nSPS) is 22.4. The fourth-order valence-corrected chi connectivity index (χ4v) is 2.99. The molecule has 0 radical (unpaired) electrons. The Bertz CT molecular complexity index is 466. The number of anilines is 2. The topological polar surface area (TPSA) is 75.3 Å². The molecule has 20 heavy (non-hydrogen) atoms. The van der Waals surface area contributed by atoms with Gasteiger partial charge < -0.3 is 16.2 Å². The van der Waals surface area contributed by atoms with E-state index in [2.05, 4.69) is 12.2 Å². The molecule has 4 nitrogen and oxygen atoms in total. The van der Waals surface area contributed by atoms with Gasteiger partial charge in [0.05, 0.1) is 5.56 Å². The van der Waals surface area contributed by atoms with Gasteiger partial charge in [0.25, 0.3) is 0 Å². The van der Waals surface area contributed by atoms with Crippen molar-refractivity contribution in [3.8, 4) is 0 Å². The quantitative estimate of drug-likeness (QED) is 0.718. The van der Waals surface area contributed by atoms with Gasteiger partial charge in [-0.3, -0.25) is 0 Å². The molecule has 0 aromatic heterocycles. The number of rotatable bonds is 5. The van der Waals surface area contributed by atoms with Crippen LogP contribution in [0.2, 0.25) is 0 Å². The zero-order valence-electron chi connectivity index (χ0n) is 12.1. The lowest BCUT2D eigenvalue weighted by Crippen LogP contribution is -2.21. The zero-order valence-corrected chi connectivity index (χ0v) is 12.1. The summed E-state index contributed by atoms with van der Waals surface area (Å²) < 4.78 is 0. The van der Waals surface area contributed by atoms with Gasteiger partial charge in [0.15, 0.2) is 0 Å². The highest BCUT2D eigenvalue weighted by Crippen LogP contribution is 2.31. The van der Waals surface area contributed by atoms with Crippen LogP contribution in [0.15, 0.2) is 18.2 Å². The van der Waals surface area contributed by atoms with E-state index in [1.54, 1.807) is 12.1 Å². The molecule has 0 unspecified atom stereocenters. The lowest BCUT2D eigenvalue weighted by atomic mass is 9.81. The average molecular weight is 276 g/mol. The monoisotopic (exact) mass is 276 g/mol. The van der Waals surface area contributed by atoms with Crippen molar-refractivity contribution in [3.05, 3.63) is 23.8 Å². The van der Waals surface area contributed by atoms with Gasteiger partial charge in [-0.1, -0.05) is 26.2 Å². The molecule has 1 aliphatic rings. The maximum absolute atomic E-state index is 11.2. The minimum Gasteiger partial charge on any atom is -0.478 e. The summed E-state index contributed by atoms with van der Waals surface area (Å²) in [6, 6.07) is 5.01. The Morgan fingerprint density at radius 1 is 1.30 bits per heavy atom. The van der Waals surface area contributed by atoms with E-state index >= 15 is 0 Å². The molecule has 0 atom stereocenters. The summed E-state index contributed by atoms with van der Waals surface area (Å²) in [6.07, 6.45) is 6.36. The number of nitrogen functional groups attached to an aromatic ring is 1. The summed E-state index contributed by atoms with van der Waals surface area (Å²) in [4.78, 5) is 11.2. The third-order valence-electron chi connectivity index (χ3n) is 4.40. The Balaban J connectivity index is 1.93. The standard InChI is InChI=1S/C16H24N2O2/c1-2-11-3-5-12(6-4-11)10-18-15-8-7-13(17)9-14(15)16(19)20/h7-9,11-12,18H,2-6,10,17H2,1H3,(H,19,20). The second kappa shape index (κ2) is 6.64. The molecule has 0 aliphatic heterocycles. The minimum absolute atomic E-state index is 0.257. The van der Waals surface area contributed by atoms with E-state index < -0.39 is 5.97 Å². The number of carboxylic acid groups (broad SMARTS) is 1. The molecular formula is C16H24N2O2. The average Bonchev–Trinajstić information content (AvgIpc) is 2.46. The Morgan fingerprint density at radius 3 is 2.55 bits per heavy atom. The van der Waals surface area contributed by atoms with Gasteiger partial charge >= 0.3 is 5.97 Å². The van der Waals surface area contributed by atoms with Crippen molar-refractivity contribution in [2.24, 2.45) is 11.8 Å². The number of hydrogen-bond donors (Lipinski definition) is 3. The van der Waals surface area contributed by atoms with E-state index in [1.807, 2.05) is 0 Å². The second-order valence-electron chi connectivity index (χ2n) is 5.79. The molecule has 1 aliphatic carbocycles. The second-order valence-corrected chi connectivity index (χ2v) is 5.79. The van der Waals surface area contributed by atoms with Crippen LogP contribution < -0.4 is 11.1 Å². The lowest BCUT2D eigenvalue weighted by Gasteiger charge is -2.28. The first-order chi connectivity index (χ1) is 9.60. The molecule has 0 amide bonds. The Morgan fingerprint density at radius 2 is 1.95 bits per heavy atom. The predicted molar refractivity (Wildman–Crippen MR) is 82.0 cm³/mol.